The van der Waals surface area contributed by atoms with E-state index in [2.05, 4.69) is 6.92 Å². The van der Waals surface area contributed by atoms with Crippen LogP contribution in [0.1, 0.15) is 27.2 Å². The Bertz CT molecular complexity index is 142. The first-order valence-electron chi connectivity index (χ1n) is 4.75. The molecule has 0 saturated carbocycles. The molecule has 0 radical (unpaired) electrons. The van der Waals surface area contributed by atoms with Crippen LogP contribution in [0.2, 0.25) is 0 Å². The van der Waals surface area contributed by atoms with Gasteiger partial charge in [0.1, 0.15) is 0 Å². The van der Waals surface area contributed by atoms with Crippen LogP contribution in [0.3, 0.4) is 0 Å². The molecule has 0 aromatic heterocycles. The maximum absolute atomic E-state index is 5.53. The van der Waals surface area contributed by atoms with E-state index in [1.54, 1.807) is 7.11 Å². The Balaban J connectivity index is 4.33. The number of rotatable bonds is 7. The highest BCUT2D eigenvalue weighted by molar-refractivity contribution is 6.66. The molecule has 0 heterocycles. The normalized spacial score (nSPS) is 12.6. The third-order valence-electron chi connectivity index (χ3n) is 1.53. The highest BCUT2D eigenvalue weighted by Crippen LogP contribution is 2.10. The van der Waals surface area contributed by atoms with Gasteiger partial charge >= 0.3 is 8.80 Å². The summed E-state index contributed by atoms with van der Waals surface area (Å²) in [7, 11) is -0.835. The van der Waals surface area contributed by atoms with Crippen LogP contribution in [-0.4, -0.2) is 29.1 Å². The van der Waals surface area contributed by atoms with Gasteiger partial charge in [-0.15, -0.1) is 0 Å². The molecule has 13 heavy (non-hydrogen) atoms. The number of allylic oxidation sites excluding steroid dienone is 1. The quantitative estimate of drug-likeness (QED) is 0.595. The lowest BCUT2D eigenvalue weighted by atomic mass is 10.5. The number of hydrogen-bond acceptors (Lipinski definition) is 3. The van der Waals surface area contributed by atoms with Crippen LogP contribution in [0.25, 0.3) is 0 Å². The Kier molecular flexibility index (Phi) is 7.17. The summed E-state index contributed by atoms with van der Waals surface area (Å²) >= 11 is 0. The summed E-state index contributed by atoms with van der Waals surface area (Å²) in [5.74, 6) is 0. The minimum atomic E-state index is -2.47. The number of hydrogen-bond donors (Lipinski definition) is 0. The third kappa shape index (κ3) is 4.57. The SMILES string of the molecule is CCC=C[Si](OC)(OCC)OCC. The summed E-state index contributed by atoms with van der Waals surface area (Å²) in [6, 6.07) is 0. The van der Waals surface area contributed by atoms with Gasteiger partial charge in [0.15, 0.2) is 0 Å². The molecule has 0 saturated heterocycles. The van der Waals surface area contributed by atoms with Gasteiger partial charge < -0.3 is 13.3 Å². The molecule has 0 aliphatic heterocycles. The summed E-state index contributed by atoms with van der Waals surface area (Å²) in [4.78, 5) is 0. The van der Waals surface area contributed by atoms with Crippen molar-refractivity contribution in [1.29, 1.82) is 0 Å². The third-order valence-corrected chi connectivity index (χ3v) is 4.13. The predicted octanol–water partition coefficient (Wildman–Crippen LogP) is 2.15. The highest BCUT2D eigenvalue weighted by Gasteiger charge is 2.35. The first-order valence-corrected chi connectivity index (χ1v) is 6.55. The summed E-state index contributed by atoms with van der Waals surface area (Å²) in [5.41, 5.74) is 1.94. The smallest absolute Gasteiger partial charge is 0.374 e. The van der Waals surface area contributed by atoms with Gasteiger partial charge in [-0.05, 0) is 26.0 Å². The molecule has 0 N–H and O–H groups in total. The first kappa shape index (κ1) is 12.8. The van der Waals surface area contributed by atoms with Crippen molar-refractivity contribution < 1.29 is 13.3 Å². The maximum atomic E-state index is 5.53. The van der Waals surface area contributed by atoms with Crippen molar-refractivity contribution in [2.24, 2.45) is 0 Å². The van der Waals surface area contributed by atoms with Crippen molar-refractivity contribution in [3.63, 3.8) is 0 Å². The van der Waals surface area contributed by atoms with Gasteiger partial charge in [-0.25, -0.2) is 0 Å². The van der Waals surface area contributed by atoms with E-state index in [-0.39, 0.29) is 0 Å². The molecular weight excluding hydrogens is 184 g/mol. The van der Waals surface area contributed by atoms with Crippen molar-refractivity contribution >= 4 is 8.80 Å². The lowest BCUT2D eigenvalue weighted by Gasteiger charge is -2.23. The second-order valence-corrected chi connectivity index (χ2v) is 5.01. The van der Waals surface area contributed by atoms with E-state index in [1.165, 1.54) is 0 Å². The highest BCUT2D eigenvalue weighted by atomic mass is 28.4. The second kappa shape index (κ2) is 7.26. The fourth-order valence-corrected chi connectivity index (χ4v) is 2.97. The van der Waals surface area contributed by atoms with E-state index in [4.69, 9.17) is 13.3 Å². The van der Waals surface area contributed by atoms with Crippen LogP contribution in [-0.2, 0) is 13.3 Å². The molecule has 4 heteroatoms. The molecule has 0 amide bonds. The van der Waals surface area contributed by atoms with Crippen LogP contribution in [0.4, 0.5) is 0 Å². The second-order valence-electron chi connectivity index (χ2n) is 2.48. The van der Waals surface area contributed by atoms with Gasteiger partial charge in [0.2, 0.25) is 0 Å². The van der Waals surface area contributed by atoms with Crippen molar-refractivity contribution in [2.75, 3.05) is 20.3 Å². The summed E-state index contributed by atoms with van der Waals surface area (Å²) in [5, 5.41) is 0. The van der Waals surface area contributed by atoms with Crippen molar-refractivity contribution in [3.8, 4) is 0 Å². The Morgan fingerprint density at radius 3 is 1.92 bits per heavy atom. The maximum Gasteiger partial charge on any atom is 0.529 e. The van der Waals surface area contributed by atoms with Crippen molar-refractivity contribution in [2.45, 2.75) is 27.2 Å². The van der Waals surface area contributed by atoms with Crippen LogP contribution < -0.4 is 0 Å². The Morgan fingerprint density at radius 2 is 1.62 bits per heavy atom. The van der Waals surface area contributed by atoms with E-state index in [0.717, 1.165) is 6.42 Å². The molecule has 0 unspecified atom stereocenters. The fraction of sp³-hybridized carbons (Fsp3) is 0.778. The van der Waals surface area contributed by atoms with Gasteiger partial charge in [0.25, 0.3) is 0 Å². The van der Waals surface area contributed by atoms with Gasteiger partial charge in [0, 0.05) is 20.3 Å². The molecule has 3 nitrogen and oxygen atoms in total. The Morgan fingerprint density at radius 1 is 1.08 bits per heavy atom. The summed E-state index contributed by atoms with van der Waals surface area (Å²) < 4.78 is 16.4. The zero-order valence-corrected chi connectivity index (χ0v) is 10.0. The predicted molar refractivity (Wildman–Crippen MR) is 55.4 cm³/mol. The zero-order valence-electron chi connectivity index (χ0n) is 9.00. The summed E-state index contributed by atoms with van der Waals surface area (Å²) in [6.45, 7) is 7.20. The fourth-order valence-electron chi connectivity index (χ4n) is 0.988. The Hall–Kier alpha value is -0.163. The van der Waals surface area contributed by atoms with Gasteiger partial charge in [-0.1, -0.05) is 13.0 Å². The monoisotopic (exact) mass is 204 g/mol. The molecule has 0 atom stereocenters. The van der Waals surface area contributed by atoms with E-state index in [1.807, 2.05) is 25.6 Å². The van der Waals surface area contributed by atoms with Gasteiger partial charge in [-0.2, -0.15) is 0 Å². The average molecular weight is 204 g/mol. The molecule has 0 aliphatic carbocycles. The van der Waals surface area contributed by atoms with Crippen LogP contribution in [0.5, 0.6) is 0 Å². The topological polar surface area (TPSA) is 27.7 Å². The molecule has 0 fully saturated rings. The van der Waals surface area contributed by atoms with E-state index in [9.17, 15) is 0 Å². The van der Waals surface area contributed by atoms with E-state index < -0.39 is 8.80 Å². The average Bonchev–Trinajstić information content (AvgIpc) is 2.15. The lowest BCUT2D eigenvalue weighted by Crippen LogP contribution is -2.43. The van der Waals surface area contributed by atoms with Crippen LogP contribution >= 0.6 is 0 Å². The van der Waals surface area contributed by atoms with E-state index in [0.29, 0.717) is 13.2 Å². The molecule has 0 aromatic rings. The zero-order chi connectivity index (χ0) is 10.2. The molecular formula is C9H20O3Si. The summed E-state index contributed by atoms with van der Waals surface area (Å²) in [6.07, 6.45) is 3.00. The molecule has 78 valence electrons. The van der Waals surface area contributed by atoms with Gasteiger partial charge in [-0.3, -0.25) is 0 Å². The molecule has 0 rings (SSSR count). The first-order chi connectivity index (χ1) is 6.24. The molecule has 0 aliphatic rings. The largest absolute Gasteiger partial charge is 0.529 e. The molecule has 0 spiro atoms. The lowest BCUT2D eigenvalue weighted by molar-refractivity contribution is 0.100. The van der Waals surface area contributed by atoms with Gasteiger partial charge in [0.05, 0.1) is 0 Å². The van der Waals surface area contributed by atoms with Crippen LogP contribution in [0.15, 0.2) is 11.8 Å². The van der Waals surface area contributed by atoms with E-state index >= 15 is 0 Å². The standard InChI is InChI=1S/C9H20O3Si/c1-5-8-9-13(10-4,11-6-2)12-7-3/h8-9H,5-7H2,1-4H3. The van der Waals surface area contributed by atoms with Crippen molar-refractivity contribution in [3.05, 3.63) is 11.8 Å². The van der Waals surface area contributed by atoms with Crippen molar-refractivity contribution in [1.82, 2.24) is 0 Å². The Labute approximate surface area is 82.1 Å². The van der Waals surface area contributed by atoms with Crippen LogP contribution in [0, 0.1) is 0 Å². The minimum absolute atomic E-state index is 0.619. The molecule has 0 bridgehead atoms. The molecule has 0 aromatic carbocycles. The minimum Gasteiger partial charge on any atom is -0.374 e.